The fourth-order valence-electron chi connectivity index (χ4n) is 2.69. The molecule has 0 saturated heterocycles. The zero-order valence-corrected chi connectivity index (χ0v) is 14.1. The van der Waals surface area contributed by atoms with E-state index in [4.69, 9.17) is 0 Å². The third kappa shape index (κ3) is 3.57. The summed E-state index contributed by atoms with van der Waals surface area (Å²) >= 11 is 1.75. The molecule has 3 rings (SSSR count). The Hall–Kier alpha value is -1.22. The Morgan fingerprint density at radius 2 is 2.36 bits per heavy atom. The van der Waals surface area contributed by atoms with Crippen LogP contribution in [0.4, 0.5) is 0 Å². The number of nitrogens with zero attached hydrogens (tertiary/aromatic N) is 3. The second kappa shape index (κ2) is 6.49. The Kier molecular flexibility index (Phi) is 4.62. The molecule has 0 saturated carbocycles. The number of imidazole rings is 1. The van der Waals surface area contributed by atoms with Crippen molar-refractivity contribution in [2.45, 2.75) is 26.1 Å². The van der Waals surface area contributed by atoms with Gasteiger partial charge in [0.2, 0.25) is 10.0 Å². The predicted octanol–water partition coefficient (Wildman–Crippen LogP) is 1.44. The molecule has 0 amide bonds. The van der Waals surface area contributed by atoms with Crippen LogP contribution in [0.25, 0.3) is 0 Å². The van der Waals surface area contributed by atoms with Crippen molar-refractivity contribution >= 4 is 21.4 Å². The Labute approximate surface area is 134 Å². The summed E-state index contributed by atoms with van der Waals surface area (Å²) in [5.74, 6) is 0.107. The van der Waals surface area contributed by atoms with Gasteiger partial charge in [-0.3, -0.25) is 4.90 Å². The van der Waals surface area contributed by atoms with Crippen molar-refractivity contribution in [1.82, 2.24) is 19.2 Å². The average Bonchev–Trinajstić information content (AvgIpc) is 3.16. The summed E-state index contributed by atoms with van der Waals surface area (Å²) in [6.07, 6.45) is 3.66. The number of thiophene rings is 1. The maximum atomic E-state index is 11.7. The molecule has 0 spiro atoms. The number of hydrogen-bond acceptors (Lipinski definition) is 5. The maximum Gasteiger partial charge on any atom is 0.211 e. The van der Waals surface area contributed by atoms with Crippen molar-refractivity contribution in [1.29, 1.82) is 0 Å². The van der Waals surface area contributed by atoms with Crippen LogP contribution in [0, 0.1) is 0 Å². The summed E-state index contributed by atoms with van der Waals surface area (Å²) in [5.41, 5.74) is 1.13. The Morgan fingerprint density at radius 3 is 3.09 bits per heavy atom. The summed E-state index contributed by atoms with van der Waals surface area (Å²) in [5, 5.41) is 2.08. The monoisotopic (exact) mass is 340 g/mol. The lowest BCUT2D eigenvalue weighted by Gasteiger charge is -2.34. The van der Waals surface area contributed by atoms with Crippen LogP contribution in [0.1, 0.15) is 23.5 Å². The molecule has 0 aliphatic carbocycles. The van der Waals surface area contributed by atoms with Crippen molar-refractivity contribution in [2.24, 2.45) is 0 Å². The molecule has 3 heterocycles. The number of rotatable bonds is 6. The lowest BCUT2D eigenvalue weighted by atomic mass is 10.2. The Balaban J connectivity index is 1.72. The van der Waals surface area contributed by atoms with Gasteiger partial charge in [-0.05, 0) is 18.4 Å². The van der Waals surface area contributed by atoms with Crippen LogP contribution in [-0.4, -0.2) is 41.7 Å². The van der Waals surface area contributed by atoms with Gasteiger partial charge in [0.1, 0.15) is 0 Å². The van der Waals surface area contributed by atoms with Crippen molar-refractivity contribution in [3.8, 4) is 0 Å². The highest BCUT2D eigenvalue weighted by molar-refractivity contribution is 7.89. The molecule has 0 bridgehead atoms. The highest BCUT2D eigenvalue weighted by Gasteiger charge is 2.26. The van der Waals surface area contributed by atoms with Gasteiger partial charge in [0.05, 0.1) is 23.8 Å². The molecule has 8 heteroatoms. The van der Waals surface area contributed by atoms with E-state index in [1.165, 1.54) is 4.88 Å². The van der Waals surface area contributed by atoms with E-state index in [2.05, 4.69) is 36.7 Å². The van der Waals surface area contributed by atoms with Crippen molar-refractivity contribution in [2.75, 3.05) is 18.8 Å². The molecule has 6 nitrogen and oxygen atoms in total. The molecule has 2 aromatic rings. The number of nitrogens with one attached hydrogen (secondary N) is 1. The first-order valence-corrected chi connectivity index (χ1v) is 9.83. The van der Waals surface area contributed by atoms with Gasteiger partial charge in [-0.25, -0.2) is 18.1 Å². The third-order valence-corrected chi connectivity index (χ3v) is 6.10. The van der Waals surface area contributed by atoms with Crippen molar-refractivity contribution in [3.05, 3.63) is 40.6 Å². The fraction of sp³-hybridized carbons (Fsp3) is 0.500. The largest absolute Gasteiger partial charge is 0.328 e. The van der Waals surface area contributed by atoms with Gasteiger partial charge in [0, 0.05) is 37.3 Å². The average molecular weight is 340 g/mol. The number of sulfonamides is 1. The van der Waals surface area contributed by atoms with Crippen LogP contribution < -0.4 is 4.72 Å². The van der Waals surface area contributed by atoms with E-state index in [1.54, 1.807) is 24.6 Å². The minimum absolute atomic E-state index is 0.0764. The first kappa shape index (κ1) is 15.7. The topological polar surface area (TPSA) is 67.2 Å². The molecular weight excluding hydrogens is 320 g/mol. The van der Waals surface area contributed by atoms with Gasteiger partial charge >= 0.3 is 0 Å². The van der Waals surface area contributed by atoms with E-state index < -0.39 is 10.0 Å². The lowest BCUT2D eigenvalue weighted by molar-refractivity contribution is 0.179. The molecule has 1 aliphatic heterocycles. The van der Waals surface area contributed by atoms with Crippen LogP contribution in [0.5, 0.6) is 0 Å². The maximum absolute atomic E-state index is 11.7. The predicted molar refractivity (Wildman–Crippen MR) is 87.2 cm³/mol. The second-order valence-electron chi connectivity index (χ2n) is 5.45. The van der Waals surface area contributed by atoms with Crippen molar-refractivity contribution in [3.63, 3.8) is 0 Å². The minimum atomic E-state index is -3.17. The Morgan fingerprint density at radius 1 is 1.50 bits per heavy atom. The summed E-state index contributed by atoms with van der Waals surface area (Å²) < 4.78 is 28.1. The van der Waals surface area contributed by atoms with E-state index in [1.807, 2.05) is 6.20 Å². The van der Waals surface area contributed by atoms with Gasteiger partial charge in [-0.2, -0.15) is 0 Å². The molecule has 1 aliphatic rings. The van der Waals surface area contributed by atoms with E-state index in [0.717, 1.165) is 25.3 Å². The van der Waals surface area contributed by atoms with Crippen LogP contribution in [-0.2, 0) is 23.1 Å². The fourth-order valence-corrected chi connectivity index (χ4v) is 4.09. The van der Waals surface area contributed by atoms with E-state index in [-0.39, 0.29) is 11.8 Å². The van der Waals surface area contributed by atoms with Crippen LogP contribution in [0.15, 0.2) is 30.0 Å². The highest BCUT2D eigenvalue weighted by atomic mass is 32.2. The lowest BCUT2D eigenvalue weighted by Crippen LogP contribution is -2.42. The molecule has 0 radical (unpaired) electrons. The molecule has 1 N–H and O–H groups in total. The summed E-state index contributed by atoms with van der Waals surface area (Å²) in [6.45, 7) is 4.59. The van der Waals surface area contributed by atoms with Gasteiger partial charge < -0.3 is 4.57 Å². The first-order valence-electron chi connectivity index (χ1n) is 7.30. The van der Waals surface area contributed by atoms with Gasteiger partial charge in [0.25, 0.3) is 0 Å². The van der Waals surface area contributed by atoms with Crippen LogP contribution in [0.3, 0.4) is 0 Å². The van der Waals surface area contributed by atoms with E-state index in [9.17, 15) is 8.42 Å². The van der Waals surface area contributed by atoms with Crippen LogP contribution in [0.2, 0.25) is 0 Å². The normalized spacial score (nSPS) is 19.2. The summed E-state index contributed by atoms with van der Waals surface area (Å²) in [4.78, 5) is 7.87. The zero-order valence-electron chi connectivity index (χ0n) is 12.5. The smallest absolute Gasteiger partial charge is 0.211 e. The van der Waals surface area contributed by atoms with Gasteiger partial charge in [0.15, 0.2) is 0 Å². The second-order valence-corrected chi connectivity index (χ2v) is 8.57. The van der Waals surface area contributed by atoms with E-state index >= 15 is 0 Å². The molecule has 22 heavy (non-hydrogen) atoms. The van der Waals surface area contributed by atoms with Crippen molar-refractivity contribution < 1.29 is 8.42 Å². The number of fused-ring (bicyclic) bond motifs is 1. The minimum Gasteiger partial charge on any atom is -0.328 e. The SMILES string of the molecule is CCS(=O)(=O)NC[C@H]1CN(Cc2cccs2)Cc2cncn21. The third-order valence-electron chi connectivity index (χ3n) is 3.87. The van der Waals surface area contributed by atoms with E-state index in [0.29, 0.717) is 6.54 Å². The van der Waals surface area contributed by atoms with Gasteiger partial charge in [-0.1, -0.05) is 6.07 Å². The van der Waals surface area contributed by atoms with Crippen LogP contribution >= 0.6 is 11.3 Å². The molecule has 0 fully saturated rings. The molecule has 1 atom stereocenters. The summed E-state index contributed by atoms with van der Waals surface area (Å²) in [6, 6.07) is 4.26. The molecule has 2 aromatic heterocycles. The number of hydrogen-bond donors (Lipinski definition) is 1. The first-order chi connectivity index (χ1) is 10.6. The molecular formula is C14H20N4O2S2. The number of aromatic nitrogens is 2. The molecule has 0 aromatic carbocycles. The summed E-state index contributed by atoms with van der Waals surface area (Å²) in [7, 11) is -3.17. The standard InChI is InChI=1S/C14H20N4O2S2/c1-2-22(19,20)16-7-13-9-17(10-14-4-3-5-21-14)8-12-6-15-11-18(12)13/h3-6,11,13,16H,2,7-10H2,1H3/t13-/m0/s1. The van der Waals surface area contributed by atoms with Gasteiger partial charge in [-0.15, -0.1) is 11.3 Å². The highest BCUT2D eigenvalue weighted by Crippen LogP contribution is 2.23. The molecule has 120 valence electrons. The Bertz CT molecular complexity index is 709. The molecule has 0 unspecified atom stereocenters. The zero-order chi connectivity index (χ0) is 15.6. The quantitative estimate of drug-likeness (QED) is 0.864.